The molecule has 2 aromatic carbocycles. The Morgan fingerprint density at radius 1 is 1.08 bits per heavy atom. The van der Waals surface area contributed by atoms with Gasteiger partial charge < -0.3 is 15.0 Å². The predicted octanol–water partition coefficient (Wildman–Crippen LogP) is 3.71. The molecule has 0 heterocycles. The number of nitrogens with one attached hydrogen (secondary N) is 1. The number of rotatable bonds is 10. The Bertz CT molecular complexity index is 654. The first kappa shape index (κ1) is 20.1. The number of carbonyl (C=O) groups excluding carboxylic acids is 1. The lowest BCUT2D eigenvalue weighted by molar-refractivity contribution is -0.122. The smallest absolute Gasteiger partial charge is 0.220 e. The average molecular weight is 354 g/mol. The summed E-state index contributed by atoms with van der Waals surface area (Å²) in [6.07, 6.45) is 1.20. The second kappa shape index (κ2) is 10.7. The van der Waals surface area contributed by atoms with Gasteiger partial charge in [0.25, 0.3) is 0 Å². The van der Waals surface area contributed by atoms with Crippen molar-refractivity contribution in [2.24, 2.45) is 0 Å². The van der Waals surface area contributed by atoms with Crippen molar-refractivity contribution in [2.45, 2.75) is 32.4 Å². The van der Waals surface area contributed by atoms with Crippen LogP contribution in [-0.4, -0.2) is 38.1 Å². The molecule has 0 aliphatic rings. The average Bonchev–Trinajstić information content (AvgIpc) is 2.62. The van der Waals surface area contributed by atoms with Crippen molar-refractivity contribution in [1.82, 2.24) is 10.2 Å². The van der Waals surface area contributed by atoms with E-state index in [0.29, 0.717) is 19.6 Å². The van der Waals surface area contributed by atoms with E-state index in [0.717, 1.165) is 24.1 Å². The number of aryl methyl sites for hydroxylation is 1. The van der Waals surface area contributed by atoms with Crippen molar-refractivity contribution in [3.8, 4) is 0 Å². The number of likely N-dealkylation sites (N-methyl/N-ethyl adjacent to an activating group) is 1. The zero-order chi connectivity index (χ0) is 18.8. The molecule has 0 aliphatic heterocycles. The predicted molar refractivity (Wildman–Crippen MR) is 106 cm³/mol. The van der Waals surface area contributed by atoms with Gasteiger partial charge in [-0.05, 0) is 38.6 Å². The summed E-state index contributed by atoms with van der Waals surface area (Å²) in [4.78, 5) is 14.4. The fourth-order valence-corrected chi connectivity index (χ4v) is 2.76. The Kier molecular flexibility index (Phi) is 8.32. The van der Waals surface area contributed by atoms with Crippen LogP contribution in [0.4, 0.5) is 0 Å². The Morgan fingerprint density at radius 2 is 1.77 bits per heavy atom. The molecule has 0 saturated carbocycles. The molecule has 4 heteroatoms. The van der Waals surface area contributed by atoms with E-state index in [1.807, 2.05) is 44.4 Å². The van der Waals surface area contributed by atoms with Gasteiger partial charge in [0.15, 0.2) is 0 Å². The molecule has 0 saturated heterocycles. The molecule has 1 amide bonds. The zero-order valence-electron chi connectivity index (χ0n) is 16.1. The summed E-state index contributed by atoms with van der Waals surface area (Å²) in [7, 11) is 4.04. The number of hydrogen-bond donors (Lipinski definition) is 1. The van der Waals surface area contributed by atoms with Crippen LogP contribution in [0.1, 0.15) is 35.6 Å². The third-order valence-corrected chi connectivity index (χ3v) is 4.17. The van der Waals surface area contributed by atoms with Gasteiger partial charge >= 0.3 is 0 Å². The van der Waals surface area contributed by atoms with Gasteiger partial charge in [-0.15, -0.1) is 0 Å². The molecule has 0 spiro atoms. The van der Waals surface area contributed by atoms with Gasteiger partial charge in [-0.25, -0.2) is 0 Å². The summed E-state index contributed by atoms with van der Waals surface area (Å²) in [5.41, 5.74) is 3.51. The van der Waals surface area contributed by atoms with Crippen LogP contribution in [0.2, 0.25) is 0 Å². The van der Waals surface area contributed by atoms with Crippen molar-refractivity contribution in [3.05, 3.63) is 71.3 Å². The highest BCUT2D eigenvalue weighted by atomic mass is 16.5. The molecule has 0 aliphatic carbocycles. The van der Waals surface area contributed by atoms with Crippen LogP contribution < -0.4 is 5.32 Å². The molecular weight excluding hydrogens is 324 g/mol. The lowest BCUT2D eigenvalue weighted by Gasteiger charge is -2.23. The molecular formula is C22H30N2O2. The molecule has 4 nitrogen and oxygen atoms in total. The number of nitrogens with zero attached hydrogens (tertiary/aromatic N) is 1. The molecule has 140 valence electrons. The first-order valence-electron chi connectivity index (χ1n) is 9.17. The molecule has 1 atom stereocenters. The monoisotopic (exact) mass is 354 g/mol. The lowest BCUT2D eigenvalue weighted by atomic mass is 10.0. The lowest BCUT2D eigenvalue weighted by Crippen LogP contribution is -2.35. The Morgan fingerprint density at radius 3 is 2.42 bits per heavy atom. The van der Waals surface area contributed by atoms with Crippen LogP contribution in [0.3, 0.4) is 0 Å². The van der Waals surface area contributed by atoms with Crippen molar-refractivity contribution >= 4 is 5.91 Å². The van der Waals surface area contributed by atoms with Crippen LogP contribution in [0.15, 0.2) is 54.6 Å². The van der Waals surface area contributed by atoms with E-state index >= 15 is 0 Å². The first-order chi connectivity index (χ1) is 12.5. The van der Waals surface area contributed by atoms with Gasteiger partial charge in [0.2, 0.25) is 5.91 Å². The van der Waals surface area contributed by atoms with E-state index in [1.165, 1.54) is 5.56 Å². The SMILES string of the molecule is Cc1ccc(C(CN(C)C)NC(=O)CCCOCc2ccccc2)cc1. The van der Waals surface area contributed by atoms with Gasteiger partial charge in [-0.2, -0.15) is 0 Å². The van der Waals surface area contributed by atoms with E-state index in [-0.39, 0.29) is 11.9 Å². The van der Waals surface area contributed by atoms with Crippen molar-refractivity contribution in [3.63, 3.8) is 0 Å². The fourth-order valence-electron chi connectivity index (χ4n) is 2.76. The number of benzene rings is 2. The highest BCUT2D eigenvalue weighted by Crippen LogP contribution is 2.15. The minimum Gasteiger partial charge on any atom is -0.377 e. The maximum absolute atomic E-state index is 12.3. The molecule has 0 bridgehead atoms. The summed E-state index contributed by atoms with van der Waals surface area (Å²) >= 11 is 0. The molecule has 2 aromatic rings. The van der Waals surface area contributed by atoms with Gasteiger partial charge in [-0.1, -0.05) is 60.2 Å². The molecule has 0 radical (unpaired) electrons. The maximum atomic E-state index is 12.3. The second-order valence-electron chi connectivity index (χ2n) is 6.93. The van der Waals surface area contributed by atoms with E-state index in [1.54, 1.807) is 0 Å². The summed E-state index contributed by atoms with van der Waals surface area (Å²) in [6.45, 7) is 4.03. The van der Waals surface area contributed by atoms with E-state index in [4.69, 9.17) is 4.74 Å². The van der Waals surface area contributed by atoms with Gasteiger partial charge in [0.05, 0.1) is 12.6 Å². The van der Waals surface area contributed by atoms with Gasteiger partial charge in [-0.3, -0.25) is 4.79 Å². The molecule has 26 heavy (non-hydrogen) atoms. The largest absolute Gasteiger partial charge is 0.377 e. The van der Waals surface area contributed by atoms with E-state index < -0.39 is 0 Å². The maximum Gasteiger partial charge on any atom is 0.220 e. The summed E-state index contributed by atoms with van der Waals surface area (Å²) in [5.74, 6) is 0.0701. The Labute approximate surface area is 157 Å². The molecule has 1 unspecified atom stereocenters. The summed E-state index contributed by atoms with van der Waals surface area (Å²) in [5, 5.41) is 3.16. The minimum atomic E-state index is 0.00309. The van der Waals surface area contributed by atoms with Crippen LogP contribution in [0.5, 0.6) is 0 Å². The number of amides is 1. The Hall–Kier alpha value is -2.17. The summed E-state index contributed by atoms with van der Waals surface area (Å²) < 4.78 is 5.65. The van der Waals surface area contributed by atoms with Crippen LogP contribution in [-0.2, 0) is 16.1 Å². The molecule has 0 fully saturated rings. The highest BCUT2D eigenvalue weighted by molar-refractivity contribution is 5.76. The van der Waals surface area contributed by atoms with Crippen molar-refractivity contribution in [1.29, 1.82) is 0 Å². The fraction of sp³-hybridized carbons (Fsp3) is 0.409. The summed E-state index contributed by atoms with van der Waals surface area (Å²) in [6, 6.07) is 18.4. The third kappa shape index (κ3) is 7.38. The van der Waals surface area contributed by atoms with E-state index in [2.05, 4.69) is 41.4 Å². The molecule has 0 aromatic heterocycles. The number of carbonyl (C=O) groups is 1. The topological polar surface area (TPSA) is 41.6 Å². The van der Waals surface area contributed by atoms with Gasteiger partial charge in [0, 0.05) is 19.6 Å². The van der Waals surface area contributed by atoms with Crippen LogP contribution >= 0.6 is 0 Å². The third-order valence-electron chi connectivity index (χ3n) is 4.17. The molecule has 2 rings (SSSR count). The van der Waals surface area contributed by atoms with Crippen LogP contribution in [0, 0.1) is 6.92 Å². The zero-order valence-corrected chi connectivity index (χ0v) is 16.1. The standard InChI is InChI=1S/C22H30N2O2/c1-18-11-13-20(14-12-18)21(16-24(2)3)23-22(25)10-7-15-26-17-19-8-5-4-6-9-19/h4-6,8-9,11-14,21H,7,10,15-17H2,1-3H3,(H,23,25). The van der Waals surface area contributed by atoms with Gasteiger partial charge in [0.1, 0.15) is 0 Å². The van der Waals surface area contributed by atoms with Crippen molar-refractivity contribution in [2.75, 3.05) is 27.2 Å². The van der Waals surface area contributed by atoms with Crippen molar-refractivity contribution < 1.29 is 9.53 Å². The second-order valence-corrected chi connectivity index (χ2v) is 6.93. The minimum absolute atomic E-state index is 0.00309. The highest BCUT2D eigenvalue weighted by Gasteiger charge is 2.15. The first-order valence-corrected chi connectivity index (χ1v) is 9.17. The van der Waals surface area contributed by atoms with Crippen LogP contribution in [0.25, 0.3) is 0 Å². The normalized spacial score (nSPS) is 12.2. The van der Waals surface area contributed by atoms with E-state index in [9.17, 15) is 4.79 Å². The quantitative estimate of drug-likeness (QED) is 0.661. The molecule has 1 N–H and O–H groups in total. The number of hydrogen-bond acceptors (Lipinski definition) is 3. The number of ether oxygens (including phenoxy) is 1. The Balaban J connectivity index is 1.75.